The van der Waals surface area contributed by atoms with Crippen LogP contribution in [0.5, 0.6) is 0 Å². The molecule has 0 radical (unpaired) electrons. The number of fused-ring (bicyclic) bond motifs is 2. The molecule has 0 aliphatic heterocycles. The van der Waals surface area contributed by atoms with Crippen molar-refractivity contribution in [1.82, 2.24) is 29.5 Å². The summed E-state index contributed by atoms with van der Waals surface area (Å²) in [5.74, 6) is 1.05. The van der Waals surface area contributed by atoms with Crippen LogP contribution >= 0.6 is 11.6 Å². The monoisotopic (exact) mass is 446 g/mol. The molecule has 0 spiro atoms. The number of anilines is 2. The van der Waals surface area contributed by atoms with Gasteiger partial charge in [0, 0.05) is 0 Å². The molecule has 3 aromatic heterocycles. The number of rotatable bonds is 4. The molecule has 32 heavy (non-hydrogen) atoms. The predicted molar refractivity (Wildman–Crippen MR) is 125 cm³/mol. The standard InChI is InChI=1S/C22H19ClN8O/c1-11-6-3-4-9-15(11)31-20(28-14-8-5-7-13(23)16(14)21(31)32)12(2)27-19-17-18(26-10-25-17)29-22(24)30-19/h3-10,12H,1-2H3,(H4,24,25,26,27,29,30)/t12-/m0/s1. The highest BCUT2D eigenvalue weighted by molar-refractivity contribution is 6.35. The van der Waals surface area contributed by atoms with Gasteiger partial charge in [0.1, 0.15) is 11.3 Å². The number of aryl methyl sites for hydroxylation is 1. The molecule has 3 heterocycles. The van der Waals surface area contributed by atoms with Gasteiger partial charge in [-0.2, -0.15) is 9.97 Å². The molecule has 9 nitrogen and oxygen atoms in total. The van der Waals surface area contributed by atoms with E-state index >= 15 is 0 Å². The molecule has 0 unspecified atom stereocenters. The number of nitrogens with one attached hydrogen (secondary N) is 2. The van der Waals surface area contributed by atoms with Gasteiger partial charge in [-0.3, -0.25) is 9.36 Å². The van der Waals surface area contributed by atoms with Crippen molar-refractivity contribution >= 4 is 45.4 Å². The number of nitrogens with two attached hydrogens (primary N) is 1. The largest absolute Gasteiger partial charge is 0.368 e. The normalized spacial score (nSPS) is 12.3. The molecule has 0 aliphatic rings. The Morgan fingerprint density at radius 3 is 2.75 bits per heavy atom. The molecule has 1 atom stereocenters. The zero-order valence-electron chi connectivity index (χ0n) is 17.3. The van der Waals surface area contributed by atoms with Crippen molar-refractivity contribution in [3.05, 3.63) is 75.6 Å². The molecule has 2 aromatic carbocycles. The second-order valence-corrected chi connectivity index (χ2v) is 7.83. The van der Waals surface area contributed by atoms with Gasteiger partial charge in [-0.25, -0.2) is 9.97 Å². The average molecular weight is 447 g/mol. The number of halogens is 1. The van der Waals surface area contributed by atoms with E-state index < -0.39 is 6.04 Å². The number of nitrogens with zero attached hydrogens (tertiary/aromatic N) is 5. The Hall–Kier alpha value is -3.98. The van der Waals surface area contributed by atoms with Gasteiger partial charge in [0.05, 0.1) is 34.0 Å². The summed E-state index contributed by atoms with van der Waals surface area (Å²) in [4.78, 5) is 34.1. The third-order valence-electron chi connectivity index (χ3n) is 5.27. The van der Waals surface area contributed by atoms with Crippen LogP contribution in [0.1, 0.15) is 24.4 Å². The second-order valence-electron chi connectivity index (χ2n) is 7.43. The summed E-state index contributed by atoms with van der Waals surface area (Å²) in [5.41, 5.74) is 8.84. The van der Waals surface area contributed by atoms with Crippen molar-refractivity contribution in [3.8, 4) is 5.69 Å². The zero-order valence-corrected chi connectivity index (χ0v) is 18.1. The van der Waals surface area contributed by atoms with Gasteiger partial charge in [-0.05, 0) is 37.6 Å². The van der Waals surface area contributed by atoms with Crippen LogP contribution in [-0.2, 0) is 0 Å². The first kappa shape index (κ1) is 20.0. The van der Waals surface area contributed by atoms with Crippen molar-refractivity contribution in [2.24, 2.45) is 0 Å². The molecule has 0 amide bonds. The van der Waals surface area contributed by atoms with E-state index in [9.17, 15) is 4.79 Å². The maximum Gasteiger partial charge on any atom is 0.267 e. The Bertz CT molecular complexity index is 1540. The number of aromatic amines is 1. The fourth-order valence-corrected chi connectivity index (χ4v) is 4.02. The number of imidazole rings is 1. The lowest BCUT2D eigenvalue weighted by Crippen LogP contribution is -2.28. The van der Waals surface area contributed by atoms with Crippen LogP contribution in [0, 0.1) is 6.92 Å². The molecular formula is C22H19ClN8O. The van der Waals surface area contributed by atoms with Crippen molar-refractivity contribution in [2.45, 2.75) is 19.9 Å². The van der Waals surface area contributed by atoms with Crippen LogP contribution in [-0.4, -0.2) is 29.5 Å². The summed E-state index contributed by atoms with van der Waals surface area (Å²) in [6, 6.07) is 12.4. The van der Waals surface area contributed by atoms with Crippen LogP contribution in [0.3, 0.4) is 0 Å². The molecule has 0 saturated carbocycles. The zero-order chi connectivity index (χ0) is 22.4. The third-order valence-corrected chi connectivity index (χ3v) is 5.58. The first-order valence-electron chi connectivity index (χ1n) is 9.94. The fourth-order valence-electron chi connectivity index (χ4n) is 3.77. The van der Waals surface area contributed by atoms with Crippen LogP contribution < -0.4 is 16.6 Å². The van der Waals surface area contributed by atoms with Gasteiger partial charge in [0.2, 0.25) is 5.95 Å². The number of hydrogen-bond donors (Lipinski definition) is 3. The third kappa shape index (κ3) is 3.23. The molecule has 4 N–H and O–H groups in total. The second kappa shape index (κ2) is 7.61. The first-order chi connectivity index (χ1) is 15.4. The highest BCUT2D eigenvalue weighted by Crippen LogP contribution is 2.27. The van der Waals surface area contributed by atoms with E-state index in [4.69, 9.17) is 22.3 Å². The van der Waals surface area contributed by atoms with Gasteiger partial charge in [-0.1, -0.05) is 35.9 Å². The summed E-state index contributed by atoms with van der Waals surface area (Å²) in [6.45, 7) is 3.84. The van der Waals surface area contributed by atoms with Crippen molar-refractivity contribution in [1.29, 1.82) is 0 Å². The van der Waals surface area contributed by atoms with E-state index in [1.54, 1.807) is 22.8 Å². The molecule has 0 aliphatic carbocycles. The van der Waals surface area contributed by atoms with Crippen molar-refractivity contribution < 1.29 is 0 Å². The minimum absolute atomic E-state index is 0.103. The molecule has 0 bridgehead atoms. The molecular weight excluding hydrogens is 428 g/mol. The Morgan fingerprint density at radius 2 is 1.94 bits per heavy atom. The highest BCUT2D eigenvalue weighted by Gasteiger charge is 2.21. The maximum absolute atomic E-state index is 13.7. The lowest BCUT2D eigenvalue weighted by atomic mass is 10.1. The Kier molecular flexibility index (Phi) is 4.75. The van der Waals surface area contributed by atoms with Crippen molar-refractivity contribution in [3.63, 3.8) is 0 Å². The first-order valence-corrected chi connectivity index (χ1v) is 10.3. The smallest absolute Gasteiger partial charge is 0.267 e. The number of hydrogen-bond acceptors (Lipinski definition) is 7. The van der Waals surface area contributed by atoms with E-state index in [0.717, 1.165) is 11.3 Å². The minimum atomic E-state index is -0.431. The van der Waals surface area contributed by atoms with E-state index in [2.05, 4.69) is 25.3 Å². The average Bonchev–Trinajstić information content (AvgIpc) is 3.23. The number of nitrogen functional groups attached to an aromatic ring is 1. The van der Waals surface area contributed by atoms with E-state index in [1.807, 2.05) is 38.1 Å². The van der Waals surface area contributed by atoms with Crippen molar-refractivity contribution in [2.75, 3.05) is 11.1 Å². The Labute approximate surface area is 187 Å². The lowest BCUT2D eigenvalue weighted by Gasteiger charge is -2.21. The quantitative estimate of drug-likeness (QED) is 0.383. The minimum Gasteiger partial charge on any atom is -0.368 e. The molecule has 5 rings (SSSR count). The fraction of sp³-hybridized carbons (Fsp3) is 0.136. The van der Waals surface area contributed by atoms with Gasteiger partial charge in [-0.15, -0.1) is 0 Å². The molecule has 0 fully saturated rings. The van der Waals surface area contributed by atoms with E-state index in [-0.39, 0.29) is 11.5 Å². The van der Waals surface area contributed by atoms with E-state index in [0.29, 0.717) is 38.7 Å². The molecule has 5 aromatic rings. The number of para-hydroxylation sites is 1. The van der Waals surface area contributed by atoms with Gasteiger partial charge in [0.15, 0.2) is 11.5 Å². The Morgan fingerprint density at radius 1 is 1.12 bits per heavy atom. The van der Waals surface area contributed by atoms with Crippen LogP contribution in [0.2, 0.25) is 5.02 Å². The van der Waals surface area contributed by atoms with E-state index in [1.165, 1.54) is 6.33 Å². The van der Waals surface area contributed by atoms with Gasteiger partial charge >= 0.3 is 0 Å². The van der Waals surface area contributed by atoms with Crippen LogP contribution in [0.25, 0.3) is 27.8 Å². The summed E-state index contributed by atoms with van der Waals surface area (Å²) in [7, 11) is 0. The molecule has 160 valence electrons. The number of H-pyrrole nitrogens is 1. The van der Waals surface area contributed by atoms with Crippen LogP contribution in [0.15, 0.2) is 53.6 Å². The van der Waals surface area contributed by atoms with Crippen LogP contribution in [0.4, 0.5) is 11.8 Å². The highest BCUT2D eigenvalue weighted by atomic mass is 35.5. The summed E-state index contributed by atoms with van der Waals surface area (Å²) in [5, 5.41) is 4.02. The topological polar surface area (TPSA) is 127 Å². The number of benzene rings is 2. The summed E-state index contributed by atoms with van der Waals surface area (Å²) < 4.78 is 1.59. The number of aromatic nitrogens is 6. The molecule has 10 heteroatoms. The molecule has 0 saturated heterocycles. The lowest BCUT2D eigenvalue weighted by molar-refractivity contribution is 0.730. The SMILES string of the molecule is Cc1ccccc1-n1c([C@H](C)Nc2nc(N)nc3[nH]cnc23)nc2cccc(Cl)c2c1=O. The summed E-state index contributed by atoms with van der Waals surface area (Å²) >= 11 is 6.38. The predicted octanol–water partition coefficient (Wildman–Crippen LogP) is 3.77. The van der Waals surface area contributed by atoms with Gasteiger partial charge in [0.25, 0.3) is 5.56 Å². The summed E-state index contributed by atoms with van der Waals surface area (Å²) in [6.07, 6.45) is 1.52. The maximum atomic E-state index is 13.7. The Balaban J connectivity index is 1.74. The van der Waals surface area contributed by atoms with Gasteiger partial charge < -0.3 is 16.0 Å².